The van der Waals surface area contributed by atoms with Crippen molar-refractivity contribution in [3.8, 4) is 5.75 Å². The number of aliphatic carboxylic acids is 1. The number of benzene rings is 1. The number of nitrogens with two attached hydrogens (primary N) is 1. The maximum Gasteiger partial charge on any atom is 0.320 e. The van der Waals surface area contributed by atoms with Crippen LogP contribution < -0.4 is 10.5 Å². The lowest BCUT2D eigenvalue weighted by atomic mass is 9.97. The lowest BCUT2D eigenvalue weighted by Crippen LogP contribution is -2.32. The summed E-state index contributed by atoms with van der Waals surface area (Å²) in [5.74, 6) is -0.300. The van der Waals surface area contributed by atoms with Gasteiger partial charge in [0.2, 0.25) is 0 Å². The fraction of sp³-hybridized carbons (Fsp3) is 0.417. The molecule has 17 heavy (non-hydrogen) atoms. The van der Waals surface area contributed by atoms with Gasteiger partial charge in [-0.2, -0.15) is 0 Å². The summed E-state index contributed by atoms with van der Waals surface area (Å²) < 4.78 is 6.26. The molecular formula is C12H16BrNO3. The zero-order chi connectivity index (χ0) is 13.2. The standard InChI is InChI=1S/C12H16BrNO3/c1-6-4-9(13)7(2)8(11(6)17-3)5-10(14)12(15)16/h4,10H,5,14H2,1-3H3,(H,15,16). The number of carboxylic acids is 1. The van der Waals surface area contributed by atoms with Crippen molar-refractivity contribution >= 4 is 21.9 Å². The van der Waals surface area contributed by atoms with Gasteiger partial charge in [-0.15, -0.1) is 0 Å². The third-order valence-corrected chi connectivity index (χ3v) is 3.56. The molecular weight excluding hydrogens is 286 g/mol. The van der Waals surface area contributed by atoms with E-state index in [0.29, 0.717) is 5.75 Å². The van der Waals surface area contributed by atoms with Gasteiger partial charge in [-0.05, 0) is 31.0 Å². The summed E-state index contributed by atoms with van der Waals surface area (Å²) in [6, 6.07) is 1.03. The van der Waals surface area contributed by atoms with Crippen LogP contribution in [0.4, 0.5) is 0 Å². The number of rotatable bonds is 4. The van der Waals surface area contributed by atoms with Crippen LogP contribution in [0, 0.1) is 13.8 Å². The van der Waals surface area contributed by atoms with Crippen LogP contribution in [0.15, 0.2) is 10.5 Å². The highest BCUT2D eigenvalue weighted by atomic mass is 79.9. The van der Waals surface area contributed by atoms with Gasteiger partial charge in [-0.3, -0.25) is 4.79 Å². The topological polar surface area (TPSA) is 72.5 Å². The van der Waals surface area contributed by atoms with Crippen molar-refractivity contribution in [2.24, 2.45) is 5.73 Å². The monoisotopic (exact) mass is 301 g/mol. The zero-order valence-electron chi connectivity index (χ0n) is 10.1. The van der Waals surface area contributed by atoms with E-state index in [2.05, 4.69) is 15.9 Å². The second-order valence-corrected chi connectivity index (χ2v) is 4.82. The first-order chi connectivity index (χ1) is 7.88. The Labute approximate surface area is 109 Å². The van der Waals surface area contributed by atoms with Crippen molar-refractivity contribution in [1.82, 2.24) is 0 Å². The zero-order valence-corrected chi connectivity index (χ0v) is 11.7. The summed E-state index contributed by atoms with van der Waals surface area (Å²) in [6.45, 7) is 3.83. The molecule has 1 aromatic rings. The van der Waals surface area contributed by atoms with E-state index in [1.165, 1.54) is 0 Å². The molecule has 5 heteroatoms. The molecule has 0 aliphatic rings. The van der Waals surface area contributed by atoms with Crippen LogP contribution in [0.3, 0.4) is 0 Å². The number of methoxy groups -OCH3 is 1. The number of aryl methyl sites for hydroxylation is 1. The van der Waals surface area contributed by atoms with E-state index in [1.807, 2.05) is 19.9 Å². The molecule has 1 rings (SSSR count). The molecule has 0 radical (unpaired) electrons. The van der Waals surface area contributed by atoms with Gasteiger partial charge in [0.15, 0.2) is 0 Å². The van der Waals surface area contributed by atoms with E-state index in [0.717, 1.165) is 21.2 Å². The third-order valence-electron chi connectivity index (χ3n) is 2.73. The molecule has 1 aromatic carbocycles. The van der Waals surface area contributed by atoms with Crippen molar-refractivity contribution < 1.29 is 14.6 Å². The number of hydrogen-bond acceptors (Lipinski definition) is 3. The van der Waals surface area contributed by atoms with Gasteiger partial charge in [0.25, 0.3) is 0 Å². The predicted octanol–water partition coefficient (Wildman–Crippen LogP) is 2.03. The highest BCUT2D eigenvalue weighted by molar-refractivity contribution is 9.10. The average Bonchev–Trinajstić information content (AvgIpc) is 2.25. The Morgan fingerprint density at radius 2 is 2.18 bits per heavy atom. The molecule has 0 heterocycles. The molecule has 1 unspecified atom stereocenters. The number of halogens is 1. The second-order valence-electron chi connectivity index (χ2n) is 3.96. The van der Waals surface area contributed by atoms with E-state index in [4.69, 9.17) is 15.6 Å². The van der Waals surface area contributed by atoms with Gasteiger partial charge in [0.05, 0.1) is 7.11 Å². The van der Waals surface area contributed by atoms with E-state index in [9.17, 15) is 4.79 Å². The molecule has 1 atom stereocenters. The van der Waals surface area contributed by atoms with E-state index >= 15 is 0 Å². The molecule has 0 aliphatic heterocycles. The lowest BCUT2D eigenvalue weighted by molar-refractivity contribution is -0.138. The van der Waals surface area contributed by atoms with Crippen molar-refractivity contribution in [3.05, 3.63) is 27.2 Å². The molecule has 4 nitrogen and oxygen atoms in total. The molecule has 0 fully saturated rings. The summed E-state index contributed by atoms with van der Waals surface area (Å²) >= 11 is 3.44. The Morgan fingerprint density at radius 3 is 2.65 bits per heavy atom. The molecule has 0 saturated heterocycles. The van der Waals surface area contributed by atoms with Gasteiger partial charge < -0.3 is 15.6 Å². The minimum atomic E-state index is -1.01. The molecule has 0 spiro atoms. The Balaban J connectivity index is 3.25. The summed E-state index contributed by atoms with van der Waals surface area (Å²) in [5, 5.41) is 8.86. The van der Waals surface area contributed by atoms with Gasteiger partial charge >= 0.3 is 5.97 Å². The summed E-state index contributed by atoms with van der Waals surface area (Å²) in [7, 11) is 1.57. The fourth-order valence-electron chi connectivity index (χ4n) is 1.75. The van der Waals surface area contributed by atoms with Crippen LogP contribution in [0.5, 0.6) is 5.75 Å². The molecule has 0 amide bonds. The Hall–Kier alpha value is -1.07. The maximum absolute atomic E-state index is 10.8. The van der Waals surface area contributed by atoms with E-state index in [1.54, 1.807) is 7.11 Å². The number of carbonyl (C=O) groups is 1. The van der Waals surface area contributed by atoms with Crippen molar-refractivity contribution in [3.63, 3.8) is 0 Å². The van der Waals surface area contributed by atoms with Gasteiger partial charge in [0.1, 0.15) is 11.8 Å². The van der Waals surface area contributed by atoms with Crippen molar-refractivity contribution in [1.29, 1.82) is 0 Å². The van der Waals surface area contributed by atoms with Gasteiger partial charge in [-0.25, -0.2) is 0 Å². The largest absolute Gasteiger partial charge is 0.496 e. The smallest absolute Gasteiger partial charge is 0.320 e. The summed E-state index contributed by atoms with van der Waals surface area (Å²) in [6.07, 6.45) is 0.255. The molecule has 0 aliphatic carbocycles. The van der Waals surface area contributed by atoms with Crippen LogP contribution in [-0.4, -0.2) is 24.2 Å². The third kappa shape index (κ3) is 2.98. The SMILES string of the molecule is COc1c(C)cc(Br)c(C)c1CC(N)C(=O)O. The van der Waals surface area contributed by atoms with Crippen LogP contribution >= 0.6 is 15.9 Å². The van der Waals surface area contributed by atoms with Crippen molar-refractivity contribution in [2.45, 2.75) is 26.3 Å². The molecule has 0 saturated carbocycles. The summed E-state index contributed by atoms with van der Waals surface area (Å²) in [5.41, 5.74) is 8.33. The van der Waals surface area contributed by atoms with Crippen LogP contribution in [-0.2, 0) is 11.2 Å². The van der Waals surface area contributed by atoms with Crippen LogP contribution in [0.1, 0.15) is 16.7 Å². The van der Waals surface area contributed by atoms with Gasteiger partial charge in [-0.1, -0.05) is 15.9 Å². The molecule has 94 valence electrons. The Morgan fingerprint density at radius 1 is 1.59 bits per heavy atom. The predicted molar refractivity (Wildman–Crippen MR) is 69.5 cm³/mol. The first kappa shape index (κ1) is 14.0. The van der Waals surface area contributed by atoms with Gasteiger partial charge in [0, 0.05) is 16.5 Å². The first-order valence-electron chi connectivity index (χ1n) is 5.19. The molecule has 3 N–H and O–H groups in total. The quantitative estimate of drug-likeness (QED) is 0.892. The van der Waals surface area contributed by atoms with E-state index in [-0.39, 0.29) is 6.42 Å². The average molecular weight is 302 g/mol. The summed E-state index contributed by atoms with van der Waals surface area (Å²) in [4.78, 5) is 10.8. The van der Waals surface area contributed by atoms with Crippen molar-refractivity contribution in [2.75, 3.05) is 7.11 Å². The minimum absolute atomic E-state index is 0.255. The highest BCUT2D eigenvalue weighted by Crippen LogP contribution is 2.32. The minimum Gasteiger partial charge on any atom is -0.496 e. The van der Waals surface area contributed by atoms with Crippen LogP contribution in [0.25, 0.3) is 0 Å². The number of carboxylic acid groups (broad SMARTS) is 1. The first-order valence-corrected chi connectivity index (χ1v) is 5.98. The maximum atomic E-state index is 10.8. The lowest BCUT2D eigenvalue weighted by Gasteiger charge is -2.17. The van der Waals surface area contributed by atoms with Crippen LogP contribution in [0.2, 0.25) is 0 Å². The van der Waals surface area contributed by atoms with E-state index < -0.39 is 12.0 Å². The fourth-order valence-corrected chi connectivity index (χ4v) is 2.34. The number of hydrogen-bond donors (Lipinski definition) is 2. The highest BCUT2D eigenvalue weighted by Gasteiger charge is 2.19. The Bertz CT molecular complexity index is 446. The number of ether oxygens (including phenoxy) is 1. The molecule has 0 bridgehead atoms. The Kier molecular flexibility index (Phi) is 4.54. The normalized spacial score (nSPS) is 12.3. The second kappa shape index (κ2) is 5.51. The molecule has 0 aromatic heterocycles.